The number of nitrogens with zero attached hydrogens (tertiary/aromatic N) is 2. The lowest BCUT2D eigenvalue weighted by atomic mass is 9.98. The van der Waals surface area contributed by atoms with Crippen LogP contribution in [0.15, 0.2) is 34.6 Å². The molecule has 0 amide bonds. The van der Waals surface area contributed by atoms with Crippen LogP contribution in [-0.2, 0) is 6.42 Å². The standard InChI is InChI=1S/C20H30N4OS.HI/c1-15(17-7-9-18(25-4)10-8-17)11-13-23-20(21-3)22-12-5-6-19-24-16(2)14-26-19;/h7-10,14-15H,5-6,11-13H2,1-4H3,(H2,21,22,23);1H. The molecule has 0 aliphatic rings. The van der Waals surface area contributed by atoms with Crippen LogP contribution in [0.5, 0.6) is 5.75 Å². The molecule has 0 saturated heterocycles. The number of aromatic nitrogens is 1. The number of halogens is 1. The molecule has 0 fully saturated rings. The van der Waals surface area contributed by atoms with Gasteiger partial charge in [0.05, 0.1) is 12.1 Å². The topological polar surface area (TPSA) is 58.5 Å². The van der Waals surface area contributed by atoms with Gasteiger partial charge in [-0.2, -0.15) is 0 Å². The maximum atomic E-state index is 5.21. The normalized spacial score (nSPS) is 12.2. The molecule has 1 unspecified atom stereocenters. The van der Waals surface area contributed by atoms with Crippen molar-refractivity contribution in [3.63, 3.8) is 0 Å². The van der Waals surface area contributed by atoms with E-state index in [2.05, 4.69) is 45.0 Å². The molecule has 1 atom stereocenters. The molecular weight excluding hydrogens is 471 g/mol. The summed E-state index contributed by atoms with van der Waals surface area (Å²) in [5.41, 5.74) is 2.44. The molecule has 2 N–H and O–H groups in total. The van der Waals surface area contributed by atoms with E-state index in [-0.39, 0.29) is 24.0 Å². The average molecular weight is 502 g/mol. The van der Waals surface area contributed by atoms with Crippen molar-refractivity contribution in [2.45, 2.75) is 39.0 Å². The van der Waals surface area contributed by atoms with E-state index in [0.717, 1.165) is 49.8 Å². The molecule has 0 aliphatic carbocycles. The summed E-state index contributed by atoms with van der Waals surface area (Å²) in [5, 5.41) is 10.1. The van der Waals surface area contributed by atoms with Gasteiger partial charge < -0.3 is 15.4 Å². The minimum atomic E-state index is 0. The van der Waals surface area contributed by atoms with Crippen molar-refractivity contribution in [2.24, 2.45) is 4.99 Å². The van der Waals surface area contributed by atoms with Crippen LogP contribution in [0.1, 0.15) is 41.9 Å². The Kier molecular flexibility index (Phi) is 11.3. The molecular formula is C20H31IN4OS. The zero-order chi connectivity index (χ0) is 18.8. The first-order chi connectivity index (χ1) is 12.6. The largest absolute Gasteiger partial charge is 0.497 e. The zero-order valence-electron chi connectivity index (χ0n) is 16.6. The van der Waals surface area contributed by atoms with Crippen LogP contribution < -0.4 is 15.4 Å². The third kappa shape index (κ3) is 8.47. The van der Waals surface area contributed by atoms with E-state index in [1.54, 1.807) is 18.4 Å². The van der Waals surface area contributed by atoms with Gasteiger partial charge in [-0.3, -0.25) is 4.99 Å². The number of nitrogens with one attached hydrogen (secondary N) is 2. The van der Waals surface area contributed by atoms with Gasteiger partial charge in [0.2, 0.25) is 0 Å². The van der Waals surface area contributed by atoms with Crippen molar-refractivity contribution in [3.05, 3.63) is 45.9 Å². The second-order valence-electron chi connectivity index (χ2n) is 6.37. The molecule has 1 aromatic carbocycles. The van der Waals surface area contributed by atoms with E-state index in [0.29, 0.717) is 5.92 Å². The number of hydrogen-bond donors (Lipinski definition) is 2. The Bertz CT molecular complexity index is 688. The van der Waals surface area contributed by atoms with Crippen LogP contribution >= 0.6 is 35.3 Å². The number of methoxy groups -OCH3 is 1. The van der Waals surface area contributed by atoms with Crippen LogP contribution in [-0.4, -0.2) is 38.2 Å². The predicted octanol–water partition coefficient (Wildman–Crippen LogP) is 4.37. The first-order valence-corrected chi connectivity index (χ1v) is 9.99. The van der Waals surface area contributed by atoms with Gasteiger partial charge >= 0.3 is 0 Å². The molecule has 150 valence electrons. The molecule has 27 heavy (non-hydrogen) atoms. The van der Waals surface area contributed by atoms with Crippen molar-refractivity contribution >= 4 is 41.3 Å². The minimum Gasteiger partial charge on any atom is -0.497 e. The van der Waals surface area contributed by atoms with Crippen LogP contribution in [0.3, 0.4) is 0 Å². The summed E-state index contributed by atoms with van der Waals surface area (Å²) in [6.45, 7) is 6.07. The van der Waals surface area contributed by atoms with E-state index < -0.39 is 0 Å². The molecule has 5 nitrogen and oxygen atoms in total. The molecule has 0 spiro atoms. The van der Waals surface area contributed by atoms with E-state index in [9.17, 15) is 0 Å². The minimum absolute atomic E-state index is 0. The Labute approximate surface area is 184 Å². The van der Waals surface area contributed by atoms with Gasteiger partial charge in [0.15, 0.2) is 5.96 Å². The first kappa shape index (κ1) is 23.7. The Morgan fingerprint density at radius 3 is 2.52 bits per heavy atom. The zero-order valence-corrected chi connectivity index (χ0v) is 19.8. The number of aryl methyl sites for hydroxylation is 2. The highest BCUT2D eigenvalue weighted by Crippen LogP contribution is 2.21. The number of guanidine groups is 1. The lowest BCUT2D eigenvalue weighted by Gasteiger charge is -2.15. The number of ether oxygens (including phenoxy) is 1. The summed E-state index contributed by atoms with van der Waals surface area (Å²) >= 11 is 1.74. The van der Waals surface area contributed by atoms with Gasteiger partial charge in [0.25, 0.3) is 0 Å². The molecule has 0 radical (unpaired) electrons. The van der Waals surface area contributed by atoms with E-state index in [1.807, 2.05) is 26.1 Å². The maximum Gasteiger partial charge on any atom is 0.190 e. The Hall–Kier alpha value is -1.35. The average Bonchev–Trinajstić information content (AvgIpc) is 3.08. The van der Waals surface area contributed by atoms with Gasteiger partial charge in [0.1, 0.15) is 5.75 Å². The fourth-order valence-corrected chi connectivity index (χ4v) is 3.51. The highest BCUT2D eigenvalue weighted by atomic mass is 127. The first-order valence-electron chi connectivity index (χ1n) is 9.12. The number of aliphatic imine (C=N–C) groups is 1. The number of hydrogen-bond acceptors (Lipinski definition) is 4. The molecule has 2 aromatic rings. The predicted molar refractivity (Wildman–Crippen MR) is 126 cm³/mol. The summed E-state index contributed by atoms with van der Waals surface area (Å²) in [4.78, 5) is 8.79. The SMILES string of the molecule is CN=C(NCCCc1nc(C)cs1)NCCC(C)c1ccc(OC)cc1.I. The highest BCUT2D eigenvalue weighted by Gasteiger charge is 2.06. The summed E-state index contributed by atoms with van der Waals surface area (Å²) in [6.07, 6.45) is 3.11. The molecule has 2 rings (SSSR count). The van der Waals surface area contributed by atoms with Gasteiger partial charge in [-0.05, 0) is 43.4 Å². The third-order valence-corrected chi connectivity index (χ3v) is 5.33. The summed E-state index contributed by atoms with van der Waals surface area (Å²) < 4.78 is 5.21. The van der Waals surface area contributed by atoms with Crippen LogP contribution in [0.4, 0.5) is 0 Å². The van der Waals surface area contributed by atoms with Gasteiger partial charge in [0, 0.05) is 37.6 Å². The van der Waals surface area contributed by atoms with E-state index >= 15 is 0 Å². The van der Waals surface area contributed by atoms with Crippen molar-refractivity contribution in [1.82, 2.24) is 15.6 Å². The number of benzene rings is 1. The fourth-order valence-electron chi connectivity index (χ4n) is 2.69. The van der Waals surface area contributed by atoms with Crippen molar-refractivity contribution in [3.8, 4) is 5.75 Å². The smallest absolute Gasteiger partial charge is 0.190 e. The van der Waals surface area contributed by atoms with Crippen LogP contribution in [0.25, 0.3) is 0 Å². The number of rotatable bonds is 9. The summed E-state index contributed by atoms with van der Waals surface area (Å²) in [7, 11) is 3.51. The lowest BCUT2D eigenvalue weighted by molar-refractivity contribution is 0.414. The number of thiazole rings is 1. The monoisotopic (exact) mass is 502 g/mol. The van der Waals surface area contributed by atoms with E-state index in [1.165, 1.54) is 10.6 Å². The van der Waals surface area contributed by atoms with Crippen molar-refractivity contribution in [2.75, 3.05) is 27.2 Å². The van der Waals surface area contributed by atoms with E-state index in [4.69, 9.17) is 4.74 Å². The molecule has 7 heteroatoms. The molecule has 0 saturated carbocycles. The van der Waals surface area contributed by atoms with Crippen LogP contribution in [0.2, 0.25) is 0 Å². The maximum absolute atomic E-state index is 5.21. The van der Waals surface area contributed by atoms with Crippen LogP contribution in [0, 0.1) is 6.92 Å². The second-order valence-corrected chi connectivity index (χ2v) is 7.32. The summed E-state index contributed by atoms with van der Waals surface area (Å²) in [6, 6.07) is 8.31. The van der Waals surface area contributed by atoms with Gasteiger partial charge in [-0.1, -0.05) is 19.1 Å². The fraction of sp³-hybridized carbons (Fsp3) is 0.500. The molecule has 1 heterocycles. The lowest BCUT2D eigenvalue weighted by Crippen LogP contribution is -2.38. The van der Waals surface area contributed by atoms with Gasteiger partial charge in [-0.15, -0.1) is 35.3 Å². The quantitative estimate of drug-likeness (QED) is 0.232. The molecule has 0 bridgehead atoms. The second kappa shape index (κ2) is 12.9. The van der Waals surface area contributed by atoms with Crippen molar-refractivity contribution in [1.29, 1.82) is 0 Å². The van der Waals surface area contributed by atoms with Crippen molar-refractivity contribution < 1.29 is 4.74 Å². The van der Waals surface area contributed by atoms with Gasteiger partial charge in [-0.25, -0.2) is 4.98 Å². The Morgan fingerprint density at radius 1 is 1.22 bits per heavy atom. The Morgan fingerprint density at radius 2 is 1.93 bits per heavy atom. The molecule has 0 aliphatic heterocycles. The summed E-state index contributed by atoms with van der Waals surface area (Å²) in [5.74, 6) is 2.25. The third-order valence-electron chi connectivity index (χ3n) is 4.30. The molecule has 1 aromatic heterocycles. The highest BCUT2D eigenvalue weighted by molar-refractivity contribution is 14.0. The Balaban J connectivity index is 0.00000364.